The number of benzene rings is 1. The summed E-state index contributed by atoms with van der Waals surface area (Å²) in [5.41, 5.74) is 3.72. The van der Waals surface area contributed by atoms with Crippen LogP contribution in [-0.4, -0.2) is 0 Å². The van der Waals surface area contributed by atoms with Gasteiger partial charge in [0.05, 0.1) is 4.34 Å². The number of rotatable bonds is 3. The Bertz CT molecular complexity index is 515. The summed E-state index contributed by atoms with van der Waals surface area (Å²) < 4.78 is 0.824. The van der Waals surface area contributed by atoms with Gasteiger partial charge >= 0.3 is 0 Å². The predicted octanol–water partition coefficient (Wildman–Crippen LogP) is 5.92. The van der Waals surface area contributed by atoms with E-state index in [0.717, 1.165) is 15.8 Å². The van der Waals surface area contributed by atoms with Gasteiger partial charge in [-0.15, -0.1) is 11.3 Å². The summed E-state index contributed by atoms with van der Waals surface area (Å²) in [6.07, 6.45) is 1.03. The molecule has 1 aromatic carbocycles. The topological polar surface area (TPSA) is 0 Å². The molecule has 0 bridgehead atoms. The van der Waals surface area contributed by atoms with Crippen molar-refractivity contribution in [3.63, 3.8) is 0 Å². The Morgan fingerprint density at radius 3 is 2.53 bits per heavy atom. The Hall–Kier alpha value is -0.500. The van der Waals surface area contributed by atoms with Crippen molar-refractivity contribution < 1.29 is 0 Å². The summed E-state index contributed by atoms with van der Waals surface area (Å²) >= 11 is 13.6. The summed E-state index contributed by atoms with van der Waals surface area (Å²) in [4.78, 5) is 0. The fourth-order valence-corrected chi connectivity index (χ4v) is 2.98. The molecule has 0 nitrogen and oxygen atoms in total. The van der Waals surface area contributed by atoms with E-state index in [9.17, 15) is 0 Å². The van der Waals surface area contributed by atoms with E-state index >= 15 is 0 Å². The first-order valence-electron chi connectivity index (χ1n) is 5.59. The Morgan fingerprint density at radius 2 is 1.94 bits per heavy atom. The van der Waals surface area contributed by atoms with Crippen molar-refractivity contribution in [1.82, 2.24) is 0 Å². The van der Waals surface area contributed by atoms with Gasteiger partial charge in [0.1, 0.15) is 0 Å². The normalized spacial score (nSPS) is 11.1. The van der Waals surface area contributed by atoms with E-state index in [2.05, 4.69) is 31.4 Å². The third kappa shape index (κ3) is 3.25. The van der Waals surface area contributed by atoms with Crippen LogP contribution in [0.1, 0.15) is 19.4 Å². The van der Waals surface area contributed by atoms with Gasteiger partial charge in [-0.1, -0.05) is 43.1 Å². The van der Waals surface area contributed by atoms with Crippen molar-refractivity contribution in [3.8, 4) is 11.1 Å². The zero-order valence-corrected chi connectivity index (χ0v) is 12.2. The van der Waals surface area contributed by atoms with Crippen LogP contribution in [0.5, 0.6) is 0 Å². The van der Waals surface area contributed by atoms with E-state index in [0.29, 0.717) is 5.92 Å². The minimum Gasteiger partial charge on any atom is -0.131 e. The van der Waals surface area contributed by atoms with E-state index in [-0.39, 0.29) is 0 Å². The van der Waals surface area contributed by atoms with E-state index in [1.807, 2.05) is 12.1 Å². The highest BCUT2D eigenvalue weighted by Gasteiger charge is 2.09. The highest BCUT2D eigenvalue weighted by atomic mass is 35.5. The van der Waals surface area contributed by atoms with Gasteiger partial charge < -0.3 is 0 Å². The number of hydrogen-bond acceptors (Lipinski definition) is 1. The lowest BCUT2D eigenvalue weighted by molar-refractivity contribution is 0.648. The Labute approximate surface area is 116 Å². The van der Waals surface area contributed by atoms with E-state index in [1.54, 1.807) is 11.3 Å². The highest BCUT2D eigenvalue weighted by Crippen LogP contribution is 2.33. The zero-order valence-electron chi connectivity index (χ0n) is 9.84. The first-order chi connectivity index (χ1) is 8.06. The third-order valence-corrected chi connectivity index (χ3v) is 3.90. The molecule has 0 spiro atoms. The highest BCUT2D eigenvalue weighted by molar-refractivity contribution is 7.14. The molecule has 0 aliphatic heterocycles. The maximum atomic E-state index is 6.07. The molecule has 1 heterocycles. The van der Waals surface area contributed by atoms with Crippen LogP contribution in [0.2, 0.25) is 9.36 Å². The summed E-state index contributed by atoms with van der Waals surface area (Å²) in [7, 11) is 0. The van der Waals surface area contributed by atoms with Gasteiger partial charge in [-0.2, -0.15) is 0 Å². The SMILES string of the molecule is CC(C)Cc1cc(Cl)ccc1-c1csc(Cl)c1. The second-order valence-corrected chi connectivity index (χ2v) is 6.52. The second kappa shape index (κ2) is 5.43. The lowest BCUT2D eigenvalue weighted by atomic mass is 9.95. The van der Waals surface area contributed by atoms with Gasteiger partial charge in [0, 0.05) is 10.4 Å². The molecule has 0 fully saturated rings. The molecule has 17 heavy (non-hydrogen) atoms. The van der Waals surface area contributed by atoms with Gasteiger partial charge in [-0.25, -0.2) is 0 Å². The summed E-state index contributed by atoms with van der Waals surface area (Å²) in [5, 5.41) is 2.89. The van der Waals surface area contributed by atoms with Crippen molar-refractivity contribution in [2.75, 3.05) is 0 Å². The van der Waals surface area contributed by atoms with E-state index in [4.69, 9.17) is 23.2 Å². The van der Waals surface area contributed by atoms with E-state index < -0.39 is 0 Å². The smallest absolute Gasteiger partial charge is 0.0934 e. The zero-order chi connectivity index (χ0) is 12.4. The fourth-order valence-electron chi connectivity index (χ4n) is 1.90. The maximum absolute atomic E-state index is 6.07. The van der Waals surface area contributed by atoms with Crippen molar-refractivity contribution in [1.29, 1.82) is 0 Å². The minimum absolute atomic E-state index is 0.612. The monoisotopic (exact) mass is 284 g/mol. The molecule has 0 aliphatic carbocycles. The van der Waals surface area contributed by atoms with Crippen molar-refractivity contribution in [2.24, 2.45) is 5.92 Å². The van der Waals surface area contributed by atoms with Gasteiger partial charge in [0.25, 0.3) is 0 Å². The van der Waals surface area contributed by atoms with Gasteiger partial charge in [-0.3, -0.25) is 0 Å². The third-order valence-electron chi connectivity index (χ3n) is 2.57. The molecule has 0 N–H and O–H groups in total. The molecule has 0 saturated carbocycles. The quantitative estimate of drug-likeness (QED) is 0.656. The predicted molar refractivity (Wildman–Crippen MR) is 78.3 cm³/mol. The molecular weight excluding hydrogens is 271 g/mol. The standard InChI is InChI=1S/C14H14Cl2S/c1-9(2)5-10-6-12(15)3-4-13(10)11-7-14(16)17-8-11/h3-4,6-9H,5H2,1-2H3. The van der Waals surface area contributed by atoms with Crippen LogP contribution >= 0.6 is 34.5 Å². The molecule has 0 aliphatic rings. The summed E-state index contributed by atoms with van der Waals surface area (Å²) in [6.45, 7) is 4.43. The Morgan fingerprint density at radius 1 is 1.18 bits per heavy atom. The first-order valence-corrected chi connectivity index (χ1v) is 7.22. The molecule has 0 amide bonds. The summed E-state index contributed by atoms with van der Waals surface area (Å²) in [6, 6.07) is 8.09. The van der Waals surface area contributed by atoms with Crippen molar-refractivity contribution in [3.05, 3.63) is 44.6 Å². The fraction of sp³-hybridized carbons (Fsp3) is 0.286. The van der Waals surface area contributed by atoms with Crippen molar-refractivity contribution >= 4 is 34.5 Å². The molecule has 0 atom stereocenters. The van der Waals surface area contributed by atoms with Crippen molar-refractivity contribution in [2.45, 2.75) is 20.3 Å². The number of halogens is 2. The lowest BCUT2D eigenvalue weighted by Crippen LogP contribution is -1.96. The number of thiophene rings is 1. The van der Waals surface area contributed by atoms with Crippen LogP contribution in [-0.2, 0) is 6.42 Å². The molecule has 0 unspecified atom stereocenters. The molecule has 2 aromatic rings. The molecule has 90 valence electrons. The Kier molecular flexibility index (Phi) is 4.13. The van der Waals surface area contributed by atoms with Crippen LogP contribution in [0, 0.1) is 5.92 Å². The van der Waals surface area contributed by atoms with E-state index in [1.165, 1.54) is 16.7 Å². The average Bonchev–Trinajstić information content (AvgIpc) is 2.64. The average molecular weight is 285 g/mol. The second-order valence-electron chi connectivity index (χ2n) is 4.54. The number of hydrogen-bond donors (Lipinski definition) is 0. The summed E-state index contributed by atoms with van der Waals surface area (Å²) in [5.74, 6) is 0.612. The molecule has 2 rings (SSSR count). The Balaban J connectivity index is 2.45. The van der Waals surface area contributed by atoms with Gasteiger partial charge in [-0.05, 0) is 47.2 Å². The molecular formula is C14H14Cl2S. The first kappa shape index (κ1) is 12.9. The van der Waals surface area contributed by atoms with Gasteiger partial charge in [0.15, 0.2) is 0 Å². The van der Waals surface area contributed by atoms with Crippen LogP contribution in [0.3, 0.4) is 0 Å². The van der Waals surface area contributed by atoms with Gasteiger partial charge in [0.2, 0.25) is 0 Å². The maximum Gasteiger partial charge on any atom is 0.0934 e. The van der Waals surface area contributed by atoms with Crippen LogP contribution in [0.25, 0.3) is 11.1 Å². The molecule has 0 radical (unpaired) electrons. The van der Waals surface area contributed by atoms with Crippen LogP contribution < -0.4 is 0 Å². The van der Waals surface area contributed by atoms with Crippen LogP contribution in [0.15, 0.2) is 29.6 Å². The molecule has 0 saturated heterocycles. The minimum atomic E-state index is 0.612. The molecule has 3 heteroatoms. The largest absolute Gasteiger partial charge is 0.131 e. The lowest BCUT2D eigenvalue weighted by Gasteiger charge is -2.11. The molecule has 1 aromatic heterocycles. The van der Waals surface area contributed by atoms with Crippen LogP contribution in [0.4, 0.5) is 0 Å².